The lowest BCUT2D eigenvalue weighted by Crippen LogP contribution is -2.50. The third-order valence-electron chi connectivity index (χ3n) is 6.84. The van der Waals surface area contributed by atoms with E-state index in [1.54, 1.807) is 21.7 Å². The fraction of sp³-hybridized carbons (Fsp3) is 0.379. The number of fused-ring (bicyclic) bond motifs is 1. The second kappa shape index (κ2) is 12.4. The van der Waals surface area contributed by atoms with Crippen molar-refractivity contribution in [2.24, 2.45) is 0 Å². The van der Waals surface area contributed by atoms with E-state index in [0.29, 0.717) is 34.7 Å². The van der Waals surface area contributed by atoms with Crippen molar-refractivity contribution < 1.29 is 23.8 Å². The summed E-state index contributed by atoms with van der Waals surface area (Å²) in [6.07, 6.45) is 0.699. The molecule has 4 aromatic rings. The number of nitrogens with one attached hydrogen (secondary N) is 1. The molecule has 0 aliphatic rings. The van der Waals surface area contributed by atoms with Crippen molar-refractivity contribution in [3.05, 3.63) is 64.4 Å². The third kappa shape index (κ3) is 6.20. The first-order valence-electron chi connectivity index (χ1n) is 12.9. The van der Waals surface area contributed by atoms with Crippen molar-refractivity contribution in [3.8, 4) is 17.2 Å². The standard InChI is InChI=1S/C29H35N5O5S/c1-7-29(2,3)30-28(36)26(19-15-23(37-4)27(39-6)24(16-19)38-5)33(17-20-11-10-14-40-20)25(35)18-34-22-13-9-8-12-21(22)31-32-34/h8-16,26H,7,17-18H2,1-6H3,(H,30,36). The number of methoxy groups -OCH3 is 3. The molecule has 10 nitrogen and oxygen atoms in total. The predicted molar refractivity (Wildman–Crippen MR) is 154 cm³/mol. The normalized spacial score (nSPS) is 12.2. The van der Waals surface area contributed by atoms with Gasteiger partial charge in [0.05, 0.1) is 33.4 Å². The van der Waals surface area contributed by atoms with Crippen LogP contribution in [0.1, 0.15) is 43.7 Å². The lowest BCUT2D eigenvalue weighted by Gasteiger charge is -2.34. The minimum absolute atomic E-state index is 0.0999. The Kier molecular flexibility index (Phi) is 8.93. The minimum Gasteiger partial charge on any atom is -0.493 e. The molecule has 0 aliphatic carbocycles. The number of benzene rings is 2. The van der Waals surface area contributed by atoms with Gasteiger partial charge in [-0.2, -0.15) is 0 Å². The lowest BCUT2D eigenvalue weighted by atomic mass is 9.98. The fourth-order valence-corrected chi connectivity index (χ4v) is 5.07. The predicted octanol–water partition coefficient (Wildman–Crippen LogP) is 4.59. The Morgan fingerprint density at radius 3 is 2.35 bits per heavy atom. The number of hydrogen-bond donors (Lipinski definition) is 1. The van der Waals surface area contributed by atoms with Crippen LogP contribution in [0.3, 0.4) is 0 Å². The number of amides is 2. The topological polar surface area (TPSA) is 108 Å². The lowest BCUT2D eigenvalue weighted by molar-refractivity contribution is -0.142. The van der Waals surface area contributed by atoms with Crippen LogP contribution in [-0.4, -0.2) is 58.6 Å². The molecule has 1 N–H and O–H groups in total. The van der Waals surface area contributed by atoms with Crippen LogP contribution >= 0.6 is 11.3 Å². The number of nitrogens with zero attached hydrogens (tertiary/aromatic N) is 4. The van der Waals surface area contributed by atoms with E-state index >= 15 is 0 Å². The Morgan fingerprint density at radius 1 is 1.05 bits per heavy atom. The average Bonchev–Trinajstić information content (AvgIpc) is 3.62. The molecule has 4 rings (SSSR count). The first-order chi connectivity index (χ1) is 19.2. The Hall–Kier alpha value is -4.12. The maximum atomic E-state index is 14.1. The summed E-state index contributed by atoms with van der Waals surface area (Å²) in [5.41, 5.74) is 1.43. The Bertz CT molecular complexity index is 1440. The third-order valence-corrected chi connectivity index (χ3v) is 7.70. The number of rotatable bonds is 12. The highest BCUT2D eigenvalue weighted by atomic mass is 32.1. The van der Waals surface area contributed by atoms with Crippen LogP contribution in [0.4, 0.5) is 0 Å². The Morgan fingerprint density at radius 2 is 1.75 bits per heavy atom. The van der Waals surface area contributed by atoms with E-state index in [4.69, 9.17) is 14.2 Å². The summed E-state index contributed by atoms with van der Waals surface area (Å²) in [5.74, 6) is 0.541. The van der Waals surface area contributed by atoms with E-state index in [0.717, 1.165) is 10.4 Å². The molecule has 2 heterocycles. The van der Waals surface area contributed by atoms with Gasteiger partial charge < -0.3 is 24.4 Å². The van der Waals surface area contributed by atoms with Gasteiger partial charge in [0.1, 0.15) is 18.1 Å². The van der Waals surface area contributed by atoms with Crippen molar-refractivity contribution in [2.45, 2.75) is 51.9 Å². The quantitative estimate of drug-likeness (QED) is 0.268. The van der Waals surface area contributed by atoms with Crippen molar-refractivity contribution >= 4 is 34.2 Å². The molecule has 0 bridgehead atoms. The van der Waals surface area contributed by atoms with Crippen LogP contribution in [-0.2, 0) is 22.7 Å². The van der Waals surface area contributed by atoms with E-state index in [2.05, 4.69) is 15.6 Å². The van der Waals surface area contributed by atoms with Crippen LogP contribution in [0.25, 0.3) is 11.0 Å². The number of carbonyl (C=O) groups is 2. The summed E-state index contributed by atoms with van der Waals surface area (Å²) < 4.78 is 18.2. The summed E-state index contributed by atoms with van der Waals surface area (Å²) in [5, 5.41) is 13.5. The summed E-state index contributed by atoms with van der Waals surface area (Å²) >= 11 is 1.51. The molecule has 11 heteroatoms. The minimum atomic E-state index is -1.01. The molecule has 0 spiro atoms. The van der Waals surface area contributed by atoms with E-state index in [9.17, 15) is 9.59 Å². The smallest absolute Gasteiger partial charge is 0.247 e. The number of aromatic nitrogens is 3. The summed E-state index contributed by atoms with van der Waals surface area (Å²) in [6, 6.07) is 13.7. The molecule has 0 fully saturated rings. The van der Waals surface area contributed by atoms with Crippen LogP contribution in [0, 0.1) is 0 Å². The molecule has 2 aromatic carbocycles. The summed E-state index contributed by atoms with van der Waals surface area (Å²) in [6.45, 7) is 6.01. The molecule has 0 saturated carbocycles. The summed E-state index contributed by atoms with van der Waals surface area (Å²) in [7, 11) is 4.55. The molecule has 2 aromatic heterocycles. The largest absolute Gasteiger partial charge is 0.493 e. The van der Waals surface area contributed by atoms with E-state index in [1.807, 2.05) is 62.5 Å². The van der Waals surface area contributed by atoms with Gasteiger partial charge in [-0.3, -0.25) is 9.59 Å². The van der Waals surface area contributed by atoms with Gasteiger partial charge in [0.15, 0.2) is 11.5 Å². The first-order valence-corrected chi connectivity index (χ1v) is 13.8. The molecular formula is C29H35N5O5S. The van der Waals surface area contributed by atoms with Gasteiger partial charge in [0.2, 0.25) is 17.6 Å². The van der Waals surface area contributed by atoms with Gasteiger partial charge in [-0.15, -0.1) is 16.4 Å². The molecule has 2 amide bonds. The van der Waals surface area contributed by atoms with Gasteiger partial charge in [-0.1, -0.05) is 30.3 Å². The maximum absolute atomic E-state index is 14.1. The van der Waals surface area contributed by atoms with Gasteiger partial charge in [-0.05, 0) is 61.5 Å². The maximum Gasteiger partial charge on any atom is 0.247 e. The number of ether oxygens (including phenoxy) is 3. The zero-order valence-electron chi connectivity index (χ0n) is 23.6. The first kappa shape index (κ1) is 28.9. The van der Waals surface area contributed by atoms with E-state index < -0.39 is 11.6 Å². The second-order valence-corrected chi connectivity index (χ2v) is 11.0. The fourth-order valence-electron chi connectivity index (χ4n) is 4.37. The SMILES string of the molecule is CCC(C)(C)NC(=O)C(c1cc(OC)c(OC)c(OC)c1)N(Cc1cccs1)C(=O)Cn1nnc2ccccc21. The molecule has 40 heavy (non-hydrogen) atoms. The van der Waals surface area contributed by atoms with Crippen molar-refractivity contribution in [2.75, 3.05) is 21.3 Å². The summed E-state index contributed by atoms with van der Waals surface area (Å²) in [4.78, 5) is 30.8. The van der Waals surface area contributed by atoms with Gasteiger partial charge in [-0.25, -0.2) is 4.68 Å². The molecule has 0 aliphatic heterocycles. The van der Waals surface area contributed by atoms with Crippen LogP contribution < -0.4 is 19.5 Å². The van der Waals surface area contributed by atoms with E-state index in [-0.39, 0.29) is 24.9 Å². The molecular weight excluding hydrogens is 530 g/mol. The van der Waals surface area contributed by atoms with E-state index in [1.165, 1.54) is 32.7 Å². The van der Waals surface area contributed by atoms with Gasteiger partial charge in [0.25, 0.3) is 0 Å². The highest BCUT2D eigenvalue weighted by Gasteiger charge is 2.36. The van der Waals surface area contributed by atoms with Crippen LogP contribution in [0.15, 0.2) is 53.9 Å². The van der Waals surface area contributed by atoms with Gasteiger partial charge in [0, 0.05) is 10.4 Å². The number of para-hydroxylation sites is 1. The Balaban J connectivity index is 1.84. The highest BCUT2D eigenvalue weighted by molar-refractivity contribution is 7.09. The zero-order chi connectivity index (χ0) is 28.9. The van der Waals surface area contributed by atoms with Crippen LogP contribution in [0.2, 0.25) is 0 Å². The highest BCUT2D eigenvalue weighted by Crippen LogP contribution is 2.41. The molecule has 0 radical (unpaired) electrons. The van der Waals surface area contributed by atoms with Crippen molar-refractivity contribution in [1.29, 1.82) is 0 Å². The molecule has 0 saturated heterocycles. The van der Waals surface area contributed by atoms with Gasteiger partial charge >= 0.3 is 0 Å². The number of carbonyl (C=O) groups excluding carboxylic acids is 2. The van der Waals surface area contributed by atoms with Crippen molar-refractivity contribution in [1.82, 2.24) is 25.2 Å². The van der Waals surface area contributed by atoms with Crippen LogP contribution in [0.5, 0.6) is 17.2 Å². The van der Waals surface area contributed by atoms with Crippen molar-refractivity contribution in [3.63, 3.8) is 0 Å². The molecule has 1 unspecified atom stereocenters. The second-order valence-electron chi connectivity index (χ2n) is 9.92. The monoisotopic (exact) mass is 565 g/mol. The zero-order valence-corrected chi connectivity index (χ0v) is 24.4. The molecule has 1 atom stereocenters. The number of thiophene rings is 1. The average molecular weight is 566 g/mol. The molecule has 212 valence electrons. The Labute approximate surface area is 237 Å². The number of hydrogen-bond acceptors (Lipinski definition) is 8.